The monoisotopic (exact) mass is 272 g/mol. The van der Waals surface area contributed by atoms with E-state index < -0.39 is 11.5 Å². The van der Waals surface area contributed by atoms with Crippen LogP contribution >= 0.6 is 0 Å². The Morgan fingerprint density at radius 2 is 2.21 bits per heavy atom. The largest absolute Gasteiger partial charge is 0.469 e. The summed E-state index contributed by atoms with van der Waals surface area (Å²) in [7, 11) is 1.39. The molecule has 0 bridgehead atoms. The highest BCUT2D eigenvalue weighted by Gasteiger charge is 2.45. The lowest BCUT2D eigenvalue weighted by molar-refractivity contribution is -0.174. The van der Waals surface area contributed by atoms with E-state index in [0.717, 1.165) is 12.8 Å². The van der Waals surface area contributed by atoms with E-state index >= 15 is 0 Å². The van der Waals surface area contributed by atoms with E-state index in [2.05, 4.69) is 20.8 Å². The second-order valence-electron chi connectivity index (χ2n) is 5.93. The molecule has 0 saturated carbocycles. The first kappa shape index (κ1) is 16.4. The molecule has 1 heterocycles. The van der Waals surface area contributed by atoms with Crippen LogP contribution < -0.4 is 0 Å². The van der Waals surface area contributed by atoms with Gasteiger partial charge in [-0.1, -0.05) is 33.6 Å². The maximum atomic E-state index is 12.0. The highest BCUT2D eigenvalue weighted by atomic mass is 16.5. The number of carbonyl (C=O) groups excluding carboxylic acids is 1. The number of esters is 1. The van der Waals surface area contributed by atoms with E-state index in [9.17, 15) is 9.90 Å². The first-order chi connectivity index (χ1) is 8.94. The van der Waals surface area contributed by atoms with Gasteiger partial charge in [-0.25, -0.2) is 0 Å². The summed E-state index contributed by atoms with van der Waals surface area (Å²) >= 11 is 0. The average Bonchev–Trinajstić information content (AvgIpc) is 2.38. The van der Waals surface area contributed by atoms with Crippen molar-refractivity contribution >= 4 is 5.97 Å². The molecular formula is C15H28O4. The van der Waals surface area contributed by atoms with Crippen molar-refractivity contribution in [2.24, 2.45) is 11.8 Å². The molecule has 0 aromatic heterocycles. The van der Waals surface area contributed by atoms with Crippen molar-refractivity contribution in [1.29, 1.82) is 0 Å². The molecule has 112 valence electrons. The van der Waals surface area contributed by atoms with Crippen LogP contribution in [0.2, 0.25) is 0 Å². The third-order valence-corrected chi connectivity index (χ3v) is 4.15. The molecule has 4 nitrogen and oxygen atoms in total. The van der Waals surface area contributed by atoms with Crippen molar-refractivity contribution < 1.29 is 19.4 Å². The molecular weight excluding hydrogens is 244 g/mol. The van der Waals surface area contributed by atoms with Crippen molar-refractivity contribution in [1.82, 2.24) is 0 Å². The van der Waals surface area contributed by atoms with E-state index in [4.69, 9.17) is 9.47 Å². The molecule has 0 aromatic rings. The fourth-order valence-corrected chi connectivity index (χ4v) is 2.80. The minimum Gasteiger partial charge on any atom is -0.469 e. The van der Waals surface area contributed by atoms with Crippen LogP contribution in [0.15, 0.2) is 0 Å². The van der Waals surface area contributed by atoms with Gasteiger partial charge in [-0.05, 0) is 12.3 Å². The fraction of sp³-hybridized carbons (Fsp3) is 0.933. The molecule has 1 saturated heterocycles. The van der Waals surface area contributed by atoms with Crippen molar-refractivity contribution in [3.8, 4) is 0 Å². The van der Waals surface area contributed by atoms with Gasteiger partial charge >= 0.3 is 5.97 Å². The Bertz CT molecular complexity index is 290. The summed E-state index contributed by atoms with van der Waals surface area (Å²) in [5, 5.41) is 10.9. The Labute approximate surface area is 116 Å². The number of ether oxygens (including phenoxy) is 2. The number of hydrogen-bond acceptors (Lipinski definition) is 4. The normalized spacial score (nSPS) is 29.3. The summed E-state index contributed by atoms with van der Waals surface area (Å²) in [5.41, 5.74) is -0.977. The number of hydrogen-bond donors (Lipinski definition) is 1. The molecule has 0 amide bonds. The first-order valence-electron chi connectivity index (χ1n) is 7.36. The van der Waals surface area contributed by atoms with Gasteiger partial charge < -0.3 is 14.6 Å². The molecule has 1 aliphatic heterocycles. The van der Waals surface area contributed by atoms with Crippen LogP contribution in [-0.2, 0) is 14.3 Å². The lowest BCUT2D eigenvalue weighted by atomic mass is 9.75. The Hall–Kier alpha value is -0.610. The number of methoxy groups -OCH3 is 1. The van der Waals surface area contributed by atoms with E-state index in [0.29, 0.717) is 31.8 Å². The quantitative estimate of drug-likeness (QED) is 0.755. The second kappa shape index (κ2) is 7.25. The molecule has 0 aliphatic carbocycles. The molecule has 1 N–H and O–H groups in total. The molecule has 0 spiro atoms. The van der Waals surface area contributed by atoms with Crippen LogP contribution in [-0.4, -0.2) is 36.5 Å². The van der Waals surface area contributed by atoms with E-state index in [1.807, 2.05) is 0 Å². The van der Waals surface area contributed by atoms with Crippen molar-refractivity contribution in [3.63, 3.8) is 0 Å². The molecule has 1 fully saturated rings. The third-order valence-electron chi connectivity index (χ3n) is 4.15. The average molecular weight is 272 g/mol. The molecule has 3 unspecified atom stereocenters. The fourth-order valence-electron chi connectivity index (χ4n) is 2.80. The van der Waals surface area contributed by atoms with E-state index in [1.165, 1.54) is 7.11 Å². The highest BCUT2D eigenvalue weighted by molar-refractivity contribution is 5.73. The van der Waals surface area contributed by atoms with Gasteiger partial charge in [-0.3, -0.25) is 4.79 Å². The van der Waals surface area contributed by atoms with Crippen LogP contribution in [0.25, 0.3) is 0 Å². The van der Waals surface area contributed by atoms with Gasteiger partial charge in [0.05, 0.1) is 24.7 Å². The van der Waals surface area contributed by atoms with Crippen LogP contribution in [0.5, 0.6) is 0 Å². The lowest BCUT2D eigenvalue weighted by Crippen LogP contribution is -2.50. The Morgan fingerprint density at radius 3 is 2.74 bits per heavy atom. The molecule has 3 atom stereocenters. The van der Waals surface area contributed by atoms with Gasteiger partial charge in [-0.2, -0.15) is 0 Å². The lowest BCUT2D eigenvalue weighted by Gasteiger charge is -2.42. The van der Waals surface area contributed by atoms with Crippen molar-refractivity contribution in [3.05, 3.63) is 0 Å². The van der Waals surface area contributed by atoms with Crippen LogP contribution in [0.3, 0.4) is 0 Å². The van der Waals surface area contributed by atoms with Gasteiger partial charge in [0.25, 0.3) is 0 Å². The van der Waals surface area contributed by atoms with Crippen molar-refractivity contribution in [2.75, 3.05) is 13.7 Å². The number of rotatable bonds is 6. The van der Waals surface area contributed by atoms with Crippen LogP contribution in [0.1, 0.15) is 52.9 Å². The van der Waals surface area contributed by atoms with Gasteiger partial charge in [0.1, 0.15) is 0 Å². The zero-order valence-corrected chi connectivity index (χ0v) is 12.6. The summed E-state index contributed by atoms with van der Waals surface area (Å²) in [6.07, 6.45) is 3.67. The highest BCUT2D eigenvalue weighted by Crippen LogP contribution is 2.37. The van der Waals surface area contributed by atoms with Gasteiger partial charge in [0.2, 0.25) is 0 Å². The molecule has 4 heteroatoms. The number of aliphatic hydroxyl groups is 1. The minimum absolute atomic E-state index is 0.0209. The van der Waals surface area contributed by atoms with Crippen LogP contribution in [0, 0.1) is 11.8 Å². The van der Waals surface area contributed by atoms with Crippen molar-refractivity contribution in [2.45, 2.75) is 64.6 Å². The SMILES string of the molecule is CCCCC(C(=O)OC)C1(O)CCOC(C(C)C)C1. The zero-order valence-electron chi connectivity index (χ0n) is 12.6. The first-order valence-corrected chi connectivity index (χ1v) is 7.36. The number of carbonyl (C=O) groups is 1. The molecule has 1 aliphatic rings. The van der Waals surface area contributed by atoms with Gasteiger partial charge in [-0.15, -0.1) is 0 Å². The number of unbranched alkanes of at least 4 members (excludes halogenated alkanes) is 1. The second-order valence-corrected chi connectivity index (χ2v) is 5.93. The van der Waals surface area contributed by atoms with Gasteiger partial charge in [0, 0.05) is 19.4 Å². The third kappa shape index (κ3) is 4.18. The summed E-state index contributed by atoms with van der Waals surface area (Å²) < 4.78 is 10.6. The summed E-state index contributed by atoms with van der Waals surface area (Å²) in [6.45, 7) is 6.75. The Balaban J connectivity index is 2.82. The maximum absolute atomic E-state index is 12.0. The topological polar surface area (TPSA) is 55.8 Å². The molecule has 0 aromatic carbocycles. The zero-order chi connectivity index (χ0) is 14.5. The molecule has 19 heavy (non-hydrogen) atoms. The maximum Gasteiger partial charge on any atom is 0.311 e. The van der Waals surface area contributed by atoms with Crippen LogP contribution in [0.4, 0.5) is 0 Å². The van der Waals surface area contributed by atoms with E-state index in [1.54, 1.807) is 0 Å². The Kier molecular flexibility index (Phi) is 6.27. The van der Waals surface area contributed by atoms with Gasteiger partial charge in [0.15, 0.2) is 0 Å². The minimum atomic E-state index is -0.977. The predicted molar refractivity (Wildman–Crippen MR) is 73.8 cm³/mol. The molecule has 1 rings (SSSR count). The van der Waals surface area contributed by atoms with E-state index in [-0.39, 0.29) is 12.1 Å². The summed E-state index contributed by atoms with van der Waals surface area (Å²) in [4.78, 5) is 12.0. The summed E-state index contributed by atoms with van der Waals surface area (Å²) in [5.74, 6) is -0.376. The smallest absolute Gasteiger partial charge is 0.311 e. The Morgan fingerprint density at radius 1 is 1.53 bits per heavy atom. The molecule has 0 radical (unpaired) electrons. The summed E-state index contributed by atoms with van der Waals surface area (Å²) in [6, 6.07) is 0. The standard InChI is InChI=1S/C15H28O4/c1-5-6-7-12(14(16)18-4)15(17)8-9-19-13(10-15)11(2)3/h11-13,17H,5-10H2,1-4H3. The predicted octanol–water partition coefficient (Wildman–Crippen LogP) is 2.53.